The lowest BCUT2D eigenvalue weighted by atomic mass is 9.85. The summed E-state index contributed by atoms with van der Waals surface area (Å²) in [5, 5.41) is 63.8. The minimum Gasteiger partial charge on any atom is -1.00 e. The first-order chi connectivity index (χ1) is 46.2. The minimum atomic E-state index is -1.02. The van der Waals surface area contributed by atoms with Crippen LogP contribution in [0.5, 0.6) is 11.5 Å². The first kappa shape index (κ1) is 94.5. The van der Waals surface area contributed by atoms with Gasteiger partial charge in [0, 0.05) is 114 Å². The monoisotopic (exact) mass is 1470 g/mol. The fourth-order valence-corrected chi connectivity index (χ4v) is 10.6. The molecule has 100 heavy (non-hydrogen) atoms. The maximum atomic E-state index is 13.6. The van der Waals surface area contributed by atoms with Crippen LogP contribution in [0.25, 0.3) is 0 Å². The highest BCUT2D eigenvalue weighted by atomic mass is 35.5. The first-order valence-electron chi connectivity index (χ1n) is 32.1. The number of aliphatic carboxylic acids is 1. The van der Waals surface area contributed by atoms with Gasteiger partial charge in [-0.05, 0) is 94.0 Å². The molecule has 4 bridgehead atoms. The van der Waals surface area contributed by atoms with Gasteiger partial charge in [-0.15, -0.1) is 19.0 Å². The summed E-state index contributed by atoms with van der Waals surface area (Å²) in [4.78, 5) is 95.2. The van der Waals surface area contributed by atoms with E-state index in [1.54, 1.807) is 87.7 Å². The van der Waals surface area contributed by atoms with Crippen molar-refractivity contribution in [2.75, 3.05) is 59.9 Å². The zero-order chi connectivity index (χ0) is 74.5. The number of carboxylic acids is 1. The van der Waals surface area contributed by atoms with E-state index in [0.29, 0.717) is 66.9 Å². The van der Waals surface area contributed by atoms with Crippen molar-refractivity contribution in [1.82, 2.24) is 10.6 Å². The lowest BCUT2D eigenvalue weighted by Gasteiger charge is -2.29. The van der Waals surface area contributed by atoms with E-state index in [1.165, 1.54) is 34.5 Å². The summed E-state index contributed by atoms with van der Waals surface area (Å²) in [7, 11) is 6.02. The molecule has 12 atom stereocenters. The highest BCUT2D eigenvalue weighted by Gasteiger charge is 2.35. The van der Waals surface area contributed by atoms with Crippen molar-refractivity contribution in [2.45, 2.75) is 156 Å². The Morgan fingerprint density at radius 3 is 1.60 bits per heavy atom. The number of quaternary nitrogens is 2. The van der Waals surface area contributed by atoms with Crippen LogP contribution in [-0.4, -0.2) is 171 Å². The number of rotatable bonds is 16. The Bertz CT molecular complexity index is 3130. The summed E-state index contributed by atoms with van der Waals surface area (Å²) >= 11 is 4.86. The second kappa shape index (κ2) is 49.9. The number of Topliss-reactive ketones (excluding diaryl/α,β-unsaturated/α-hetero) is 1. The predicted molar refractivity (Wildman–Crippen MR) is 377 cm³/mol. The number of aliphatic hydroxyl groups is 2. The van der Waals surface area contributed by atoms with E-state index in [4.69, 9.17) is 57.2 Å². The molecule has 27 nitrogen and oxygen atoms in total. The average molecular weight is 1470 g/mol. The normalized spacial score (nSPS) is 27.1. The van der Waals surface area contributed by atoms with Gasteiger partial charge in [0.05, 0.1) is 72.4 Å². The van der Waals surface area contributed by atoms with Crippen LogP contribution in [0.1, 0.15) is 106 Å². The van der Waals surface area contributed by atoms with Crippen LogP contribution in [-0.2, 0) is 63.6 Å². The third kappa shape index (κ3) is 33.8. The number of primary amides is 2. The lowest BCUT2D eigenvalue weighted by Crippen LogP contribution is -3.00. The second-order valence-electron chi connectivity index (χ2n) is 24.0. The highest BCUT2D eigenvalue weighted by Crippen LogP contribution is 2.41. The SMILES string of the molecule is C=CCNC1=C2C[C@@H](C)C[C@H](OC)[C@H](O)[C@@H](C)/C=C(\C)[C@H](OC(N)=O)C[C@@H](OC)/C=C\C=C(/C)C(=O)NC(=CC1=O)C2=O.C=CC[NH2+]c1c(O)cc2c(O)c1C[C@@H](C)C[C@H](OC)[C@H](O)[C@@H](C)/C=C(\C)[C@H](OC(N)=O)C[C@@H](OC)/C=C\C=C(/C)C(=O)N2.Cl.NCCC(=O)Cl.[Cl-].[NH3+]CCC(=O)[O-]. The van der Waals surface area contributed by atoms with Gasteiger partial charge in [0.1, 0.15) is 18.0 Å². The van der Waals surface area contributed by atoms with Crippen LogP contribution >= 0.6 is 24.0 Å². The number of halogens is 3. The summed E-state index contributed by atoms with van der Waals surface area (Å²) in [6.07, 6.45) is 12.5. The lowest BCUT2D eigenvalue weighted by molar-refractivity contribution is -0.562. The molecule has 18 N–H and O–H groups in total. The summed E-state index contributed by atoms with van der Waals surface area (Å²) in [5.41, 5.74) is 22.2. The molecule has 1 aliphatic carbocycles. The zero-order valence-electron chi connectivity index (χ0n) is 59.3. The number of nitrogens with two attached hydrogens (primary N) is 4. The summed E-state index contributed by atoms with van der Waals surface area (Å²) in [6, 6.07) is 1.32. The van der Waals surface area contributed by atoms with Gasteiger partial charge in [0.15, 0.2) is 11.4 Å². The van der Waals surface area contributed by atoms with E-state index in [0.717, 1.165) is 6.08 Å². The molecular formula is C70H107Cl3N8O19. The largest absolute Gasteiger partial charge is 1.00 e. The molecule has 0 aromatic heterocycles. The number of nitrogens with one attached hydrogen (secondary N) is 3. The van der Waals surface area contributed by atoms with Crippen LogP contribution in [0.15, 0.2) is 125 Å². The number of carbonyl (C=O) groups excluding carboxylic acids is 8. The van der Waals surface area contributed by atoms with Crippen molar-refractivity contribution >= 4 is 82.2 Å². The molecule has 4 rings (SSSR count). The Hall–Kier alpha value is -7.51. The molecule has 30 heteroatoms. The Morgan fingerprint density at radius 1 is 0.750 bits per heavy atom. The van der Waals surface area contributed by atoms with E-state index in [2.05, 4.69) is 34.8 Å². The number of amides is 4. The fourth-order valence-electron chi connectivity index (χ4n) is 10.5. The maximum absolute atomic E-state index is 13.6. The first-order valence-corrected chi connectivity index (χ1v) is 32.4. The molecule has 4 amide bonds. The topological polar surface area (TPSA) is 454 Å². The van der Waals surface area contributed by atoms with Crippen LogP contribution < -0.4 is 61.7 Å². The number of ether oxygens (including phenoxy) is 6. The van der Waals surface area contributed by atoms with E-state index in [1.807, 2.05) is 33.8 Å². The number of ketones is 2. The molecule has 0 unspecified atom stereocenters. The molecule has 0 fully saturated rings. The third-order valence-electron chi connectivity index (χ3n) is 15.9. The number of anilines is 1. The molecular weight excluding hydrogens is 1360 g/mol. The maximum Gasteiger partial charge on any atom is 0.405 e. The van der Waals surface area contributed by atoms with E-state index < -0.39 is 96.3 Å². The van der Waals surface area contributed by atoms with Crippen molar-refractivity contribution in [2.24, 2.45) is 40.9 Å². The number of phenols is 2. The van der Waals surface area contributed by atoms with Gasteiger partial charge in [-0.25, -0.2) is 9.59 Å². The predicted octanol–water partition coefficient (Wildman–Crippen LogP) is 1.15. The van der Waals surface area contributed by atoms with Gasteiger partial charge >= 0.3 is 12.2 Å². The van der Waals surface area contributed by atoms with Crippen LogP contribution in [0.4, 0.5) is 21.0 Å². The van der Waals surface area contributed by atoms with Gasteiger partial charge in [-0.3, -0.25) is 24.0 Å². The van der Waals surface area contributed by atoms with Gasteiger partial charge in [-0.2, -0.15) is 0 Å². The van der Waals surface area contributed by atoms with Crippen molar-refractivity contribution in [3.05, 3.63) is 131 Å². The number of hydrogen-bond acceptors (Lipinski definition) is 21. The number of carboxylic acid groups (broad SMARTS) is 1. The number of hydrogen-bond donors (Lipinski definition) is 12. The Kier molecular flexibility index (Phi) is 47.2. The minimum absolute atomic E-state index is 0. The number of benzene rings is 1. The van der Waals surface area contributed by atoms with Crippen molar-refractivity contribution in [3.63, 3.8) is 0 Å². The van der Waals surface area contributed by atoms with Crippen LogP contribution in [0.3, 0.4) is 0 Å². The number of aliphatic hydroxyl groups excluding tert-OH is 2. The molecule has 0 radical (unpaired) electrons. The van der Waals surface area contributed by atoms with Gasteiger partial charge in [0.25, 0.3) is 11.8 Å². The Labute approximate surface area is 604 Å². The molecule has 1 aromatic carbocycles. The van der Waals surface area contributed by atoms with E-state index >= 15 is 0 Å². The summed E-state index contributed by atoms with van der Waals surface area (Å²) in [5.74, 6) is -4.30. The number of carbonyl (C=O) groups is 8. The van der Waals surface area contributed by atoms with E-state index in [-0.39, 0.29) is 126 Å². The molecule has 562 valence electrons. The molecule has 0 saturated carbocycles. The van der Waals surface area contributed by atoms with Gasteiger partial charge < -0.3 is 115 Å². The standard InChI is InChI=1S/C32H47N3O8.C32H45N3O8.C3H6ClNO.C3H7NO2.2ClH/c2*1-8-12-34-28-23-13-18(2)14-27(42-7)29(37)21(5)15-20(4)26(43-32(33)40)16-22(41-6)11-9-10-19(3)31(39)35-24(30(23)38)17-25(28)36;4-3(6)1-2-5;4-2-1-3(5)6;;/h8-11,15,17-18,21-22,26-27,29,34,36-38H,1,12-14,16H2,2-7H3,(H2,33,40)(H,35,39);8-11,15,17-18,21-22,26-27,29,34,37H,1,12-14,16H2,2-7H3,(H2,33,40)(H,35,39);1-2,5H2;1-2,4H2,(H,5,6);2*1H/b2*11-9-,19-10+,20-15+;;;;/t2*18-,21+,22+,26-,27+,29-;;;;/m11..../s1. The molecule has 2 aliphatic heterocycles. The Morgan fingerprint density at radius 2 is 1.22 bits per heavy atom. The fraction of sp³-hybridized carbons (Fsp3) is 0.514. The number of methoxy groups -OCH3 is 4. The molecule has 3 aliphatic rings. The number of phenolic OH excluding ortho intramolecular Hbond substituents is 2. The van der Waals surface area contributed by atoms with Crippen LogP contribution in [0.2, 0.25) is 0 Å². The number of aromatic hydroxyl groups is 2. The van der Waals surface area contributed by atoms with Crippen LogP contribution in [0, 0.1) is 23.7 Å². The Balaban J connectivity index is 0. The van der Waals surface area contributed by atoms with Crippen molar-refractivity contribution < 1.29 is 116 Å². The molecule has 0 spiro atoms. The molecule has 1 aromatic rings. The highest BCUT2D eigenvalue weighted by molar-refractivity contribution is 6.63. The number of fused-ring (bicyclic) bond motifs is 4. The average Bonchev–Trinajstić information content (AvgIpc) is 0.805. The van der Waals surface area contributed by atoms with Gasteiger partial charge in [0.2, 0.25) is 16.8 Å². The zero-order valence-corrected chi connectivity index (χ0v) is 61.7. The van der Waals surface area contributed by atoms with Gasteiger partial charge in [-0.1, -0.05) is 89.0 Å². The molecule has 2 heterocycles. The summed E-state index contributed by atoms with van der Waals surface area (Å²) < 4.78 is 33.2. The third-order valence-corrected chi connectivity index (χ3v) is 16.0. The van der Waals surface area contributed by atoms with Crippen molar-refractivity contribution in [3.8, 4) is 11.5 Å². The quantitative estimate of drug-likeness (QED) is 0.0276. The smallest absolute Gasteiger partial charge is 0.405 e. The number of allylic oxidation sites excluding steroid dienone is 6. The van der Waals surface area contributed by atoms with E-state index in [9.17, 15) is 63.9 Å². The summed E-state index contributed by atoms with van der Waals surface area (Å²) in [6.45, 7) is 23.2. The second-order valence-corrected chi connectivity index (χ2v) is 24.4. The molecule has 0 saturated heterocycles. The van der Waals surface area contributed by atoms with Crippen molar-refractivity contribution in [1.29, 1.82) is 0 Å².